The summed E-state index contributed by atoms with van der Waals surface area (Å²) in [6, 6.07) is 4.71. The highest BCUT2D eigenvalue weighted by atomic mass is 16.4. The maximum absolute atomic E-state index is 11.4. The van der Waals surface area contributed by atoms with Crippen LogP contribution in [0.25, 0.3) is 0 Å². The summed E-state index contributed by atoms with van der Waals surface area (Å²) in [5.74, 6) is -1.11. The zero-order valence-corrected chi connectivity index (χ0v) is 11.8. The molecule has 0 bridgehead atoms. The lowest BCUT2D eigenvalue weighted by Gasteiger charge is -2.20. The molecule has 0 saturated carbocycles. The van der Waals surface area contributed by atoms with Crippen molar-refractivity contribution in [3.05, 3.63) is 48.3 Å². The Labute approximate surface area is 126 Å². The van der Waals surface area contributed by atoms with Crippen LogP contribution >= 0.6 is 0 Å². The van der Waals surface area contributed by atoms with Crippen LogP contribution in [0.5, 0.6) is 0 Å². The second-order valence-electron chi connectivity index (χ2n) is 5.08. The van der Waals surface area contributed by atoms with Gasteiger partial charge in [-0.25, -0.2) is 4.98 Å². The quantitative estimate of drug-likeness (QED) is 0.540. The second-order valence-corrected chi connectivity index (χ2v) is 5.08. The minimum absolute atomic E-state index is 0.124. The minimum atomic E-state index is -1.11. The van der Waals surface area contributed by atoms with Gasteiger partial charge in [-0.05, 0) is 12.1 Å². The maximum atomic E-state index is 11.4. The third-order valence-corrected chi connectivity index (χ3v) is 3.55. The van der Waals surface area contributed by atoms with Gasteiger partial charge in [-0.1, -0.05) is 6.07 Å². The van der Waals surface area contributed by atoms with Crippen LogP contribution in [0.2, 0.25) is 0 Å². The lowest BCUT2D eigenvalue weighted by molar-refractivity contribution is -0.698. The summed E-state index contributed by atoms with van der Waals surface area (Å²) in [5.41, 5.74) is 5.15. The van der Waals surface area contributed by atoms with Gasteiger partial charge in [0, 0.05) is 24.5 Å². The normalized spacial score (nSPS) is 18.5. The molecule has 0 radical (unpaired) electrons. The van der Waals surface area contributed by atoms with Gasteiger partial charge in [0.25, 0.3) is 0 Å². The van der Waals surface area contributed by atoms with E-state index in [2.05, 4.69) is 25.5 Å². The number of pyridine rings is 1. The number of nitrogens with one attached hydrogen (secondary N) is 2. The van der Waals surface area contributed by atoms with Gasteiger partial charge in [0.1, 0.15) is 11.8 Å². The molecule has 3 rings (SSSR count). The highest BCUT2D eigenvalue weighted by molar-refractivity contribution is 6.02. The number of carboxylic acid groups (broad SMARTS) is 1. The van der Waals surface area contributed by atoms with Gasteiger partial charge in [0.15, 0.2) is 6.04 Å². The lowest BCUT2D eigenvalue weighted by atomic mass is 10.1. The van der Waals surface area contributed by atoms with Crippen molar-refractivity contribution in [2.45, 2.75) is 18.5 Å². The van der Waals surface area contributed by atoms with E-state index in [-0.39, 0.29) is 6.04 Å². The third kappa shape index (κ3) is 3.12. The zero-order valence-electron chi connectivity index (χ0n) is 11.8. The average molecular weight is 300 g/mol. The number of H-pyrrole nitrogens is 1. The first-order valence-electron chi connectivity index (χ1n) is 6.99. The molecule has 2 aromatic heterocycles. The van der Waals surface area contributed by atoms with Crippen molar-refractivity contribution < 1.29 is 15.2 Å². The number of nitrogens with zero attached hydrogens (tertiary/aromatic N) is 3. The number of hydrazone groups is 1. The summed E-state index contributed by atoms with van der Waals surface area (Å²) in [6.45, 7) is 0.554. The highest BCUT2D eigenvalue weighted by Gasteiger charge is 2.30. The molecule has 3 heterocycles. The van der Waals surface area contributed by atoms with Gasteiger partial charge in [-0.15, -0.1) is 0 Å². The van der Waals surface area contributed by atoms with E-state index in [0.717, 1.165) is 17.1 Å². The number of hydrogen-bond donors (Lipinski definition) is 3. The van der Waals surface area contributed by atoms with Crippen LogP contribution in [0.4, 0.5) is 0 Å². The van der Waals surface area contributed by atoms with Crippen molar-refractivity contribution in [3.8, 4) is 0 Å². The standard InChI is InChI=1S/C14H16N6O2/c21-14(22)11(5-9-6-15-8-17-9)19-12-7-18-20-13(12)10-3-1-2-4-16-10/h1-4,6,8,11-12,18-19H,5,7H2,(H,15,17)(H,21,22)/t11-,12-/m0/s1. The molecule has 2 aromatic rings. The molecule has 22 heavy (non-hydrogen) atoms. The number of aliphatic carboxylic acids is 1. The molecule has 4 N–H and O–H groups in total. The number of aromatic nitrogens is 3. The Morgan fingerprint density at radius 1 is 1.50 bits per heavy atom. The molecular weight excluding hydrogens is 284 g/mol. The molecular formula is C14H16N6O2. The van der Waals surface area contributed by atoms with Gasteiger partial charge < -0.3 is 25.6 Å². The molecule has 8 nitrogen and oxygen atoms in total. The van der Waals surface area contributed by atoms with Crippen molar-refractivity contribution in [1.82, 2.24) is 20.4 Å². The number of carbonyl (C=O) groups excluding carboxylic acids is 1. The molecule has 0 aliphatic carbocycles. The maximum Gasteiger partial charge on any atom is 0.152 e. The van der Waals surface area contributed by atoms with Gasteiger partial charge in [0.2, 0.25) is 0 Å². The van der Waals surface area contributed by atoms with E-state index in [0.29, 0.717) is 13.0 Å². The first kappa shape index (κ1) is 14.2. The Hall–Kier alpha value is -2.74. The van der Waals surface area contributed by atoms with Crippen LogP contribution in [0, 0.1) is 0 Å². The largest absolute Gasteiger partial charge is 0.544 e. The van der Waals surface area contributed by atoms with Crippen molar-refractivity contribution in [1.29, 1.82) is 0 Å². The third-order valence-electron chi connectivity index (χ3n) is 3.55. The van der Waals surface area contributed by atoms with Gasteiger partial charge >= 0.3 is 0 Å². The van der Waals surface area contributed by atoms with E-state index in [9.17, 15) is 9.90 Å². The summed E-state index contributed by atoms with van der Waals surface area (Å²) < 4.78 is 0. The fourth-order valence-electron chi connectivity index (χ4n) is 2.47. The number of imidazole rings is 1. The smallest absolute Gasteiger partial charge is 0.152 e. The summed E-state index contributed by atoms with van der Waals surface area (Å²) in [4.78, 5) is 22.5. The molecule has 0 unspecified atom stereocenters. The molecule has 1 aliphatic rings. The highest BCUT2D eigenvalue weighted by Crippen LogP contribution is 2.04. The topological polar surface area (TPSA) is 123 Å². The Morgan fingerprint density at radius 3 is 3.09 bits per heavy atom. The lowest BCUT2D eigenvalue weighted by Crippen LogP contribution is -3.00. The van der Waals surface area contributed by atoms with Crippen LogP contribution in [0.15, 0.2) is 42.0 Å². The van der Waals surface area contributed by atoms with Crippen LogP contribution < -0.4 is 15.8 Å². The Balaban J connectivity index is 1.72. The van der Waals surface area contributed by atoms with E-state index < -0.39 is 12.0 Å². The van der Waals surface area contributed by atoms with Crippen LogP contribution in [-0.2, 0) is 11.2 Å². The molecule has 0 fully saturated rings. The molecule has 1 aliphatic heterocycles. The van der Waals surface area contributed by atoms with Crippen molar-refractivity contribution >= 4 is 11.7 Å². The minimum Gasteiger partial charge on any atom is -0.544 e. The predicted octanol–water partition coefficient (Wildman–Crippen LogP) is -2.59. The Morgan fingerprint density at radius 2 is 2.41 bits per heavy atom. The molecule has 0 spiro atoms. The molecule has 0 amide bonds. The molecule has 2 atom stereocenters. The van der Waals surface area contributed by atoms with Crippen LogP contribution in [-0.4, -0.2) is 45.3 Å². The van der Waals surface area contributed by atoms with Crippen LogP contribution in [0.1, 0.15) is 11.4 Å². The Bertz CT molecular complexity index is 655. The number of aromatic amines is 1. The van der Waals surface area contributed by atoms with E-state index in [4.69, 9.17) is 0 Å². The average Bonchev–Trinajstić information content (AvgIpc) is 3.19. The monoisotopic (exact) mass is 300 g/mol. The number of hydrogen-bond acceptors (Lipinski definition) is 6. The number of quaternary nitrogens is 1. The van der Waals surface area contributed by atoms with Gasteiger partial charge in [0.05, 0.1) is 24.5 Å². The van der Waals surface area contributed by atoms with E-state index >= 15 is 0 Å². The summed E-state index contributed by atoms with van der Waals surface area (Å²) in [6.07, 6.45) is 5.15. The predicted molar refractivity (Wildman–Crippen MR) is 75.6 cm³/mol. The zero-order chi connectivity index (χ0) is 15.4. The Kier molecular flexibility index (Phi) is 4.10. The fourth-order valence-corrected chi connectivity index (χ4v) is 2.47. The van der Waals surface area contributed by atoms with Crippen molar-refractivity contribution in [2.24, 2.45) is 5.10 Å². The number of rotatable bonds is 6. The van der Waals surface area contributed by atoms with E-state index in [1.807, 2.05) is 18.2 Å². The molecule has 0 aromatic carbocycles. The fraction of sp³-hybridized carbons (Fsp3) is 0.286. The summed E-state index contributed by atoms with van der Waals surface area (Å²) >= 11 is 0. The van der Waals surface area contributed by atoms with Gasteiger partial charge in [-0.3, -0.25) is 4.98 Å². The second kappa shape index (κ2) is 6.35. The first-order chi connectivity index (χ1) is 10.7. The summed E-state index contributed by atoms with van der Waals surface area (Å²) in [5, 5.41) is 17.4. The molecule has 0 saturated heterocycles. The van der Waals surface area contributed by atoms with E-state index in [1.165, 1.54) is 6.33 Å². The number of carbonyl (C=O) groups is 1. The van der Waals surface area contributed by atoms with Crippen molar-refractivity contribution in [3.63, 3.8) is 0 Å². The molecule has 8 heteroatoms. The molecule has 114 valence electrons. The number of nitrogens with two attached hydrogens (primary N) is 1. The van der Waals surface area contributed by atoms with Crippen LogP contribution in [0.3, 0.4) is 0 Å². The van der Waals surface area contributed by atoms with Crippen molar-refractivity contribution in [2.75, 3.05) is 6.54 Å². The van der Waals surface area contributed by atoms with E-state index in [1.54, 1.807) is 17.7 Å². The SMILES string of the molecule is O=C([O-])[C@H](Cc1cnc[nH]1)[NH2+][C@H]1CNN=C1c1ccccn1. The number of carboxylic acids is 1. The van der Waals surface area contributed by atoms with Gasteiger partial charge in [-0.2, -0.15) is 5.10 Å². The first-order valence-corrected chi connectivity index (χ1v) is 6.99. The summed E-state index contributed by atoms with van der Waals surface area (Å²) in [7, 11) is 0.